The van der Waals surface area contributed by atoms with Crippen LogP contribution in [0.4, 0.5) is 0 Å². The second-order valence-electron chi connectivity index (χ2n) is 4.56. The average Bonchev–Trinajstić information content (AvgIpc) is 2.53. The van der Waals surface area contributed by atoms with E-state index in [1.807, 2.05) is 6.07 Å². The minimum Gasteiger partial charge on any atom is -0.496 e. The molecule has 0 unspecified atom stereocenters. The van der Waals surface area contributed by atoms with Crippen LogP contribution < -0.4 is 4.74 Å². The van der Waals surface area contributed by atoms with Gasteiger partial charge in [0.25, 0.3) is 0 Å². The first-order valence-corrected chi connectivity index (χ1v) is 7.41. The van der Waals surface area contributed by atoms with Gasteiger partial charge in [0.05, 0.1) is 20.3 Å². The van der Waals surface area contributed by atoms with Crippen LogP contribution in [-0.2, 0) is 25.5 Å². The van der Waals surface area contributed by atoms with Gasteiger partial charge in [0, 0.05) is 0 Å². The van der Waals surface area contributed by atoms with Crippen molar-refractivity contribution in [3.63, 3.8) is 0 Å². The third-order valence-electron chi connectivity index (χ3n) is 2.97. The predicted molar refractivity (Wildman–Crippen MR) is 88.1 cm³/mol. The number of esters is 2. The number of ether oxygens (including phenoxy) is 3. The zero-order valence-electron chi connectivity index (χ0n) is 13.8. The molecule has 0 heterocycles. The van der Waals surface area contributed by atoms with Crippen LogP contribution >= 0.6 is 0 Å². The minimum atomic E-state index is -0.702. The molecule has 5 heteroatoms. The Hall–Kier alpha value is -2.56. The average molecular weight is 318 g/mol. The van der Waals surface area contributed by atoms with E-state index >= 15 is 0 Å². The number of methoxy groups -OCH3 is 1. The minimum absolute atomic E-state index is 0.136. The normalized spacial score (nSPS) is 9.70. The van der Waals surface area contributed by atoms with Crippen LogP contribution in [0.1, 0.15) is 25.0 Å². The van der Waals surface area contributed by atoms with Crippen LogP contribution in [0.25, 0.3) is 6.08 Å². The third-order valence-corrected chi connectivity index (χ3v) is 2.97. The van der Waals surface area contributed by atoms with E-state index in [4.69, 9.17) is 14.2 Å². The molecule has 1 rings (SSSR count). The lowest BCUT2D eigenvalue weighted by Gasteiger charge is -2.09. The van der Waals surface area contributed by atoms with Gasteiger partial charge in [0.1, 0.15) is 11.3 Å². The molecular formula is C18H22O5. The summed E-state index contributed by atoms with van der Waals surface area (Å²) >= 11 is 0. The molecule has 5 nitrogen and oxygen atoms in total. The topological polar surface area (TPSA) is 61.8 Å². The Balaban J connectivity index is 3.24. The molecule has 0 atom stereocenters. The third kappa shape index (κ3) is 5.29. The molecule has 0 aliphatic heterocycles. The highest BCUT2D eigenvalue weighted by Crippen LogP contribution is 2.22. The molecule has 0 radical (unpaired) electrons. The van der Waals surface area contributed by atoms with Crippen molar-refractivity contribution in [3.05, 3.63) is 47.6 Å². The maximum atomic E-state index is 12.0. The summed E-state index contributed by atoms with van der Waals surface area (Å²) in [5, 5.41) is 0. The van der Waals surface area contributed by atoms with E-state index in [1.54, 1.807) is 39.2 Å². The molecule has 0 saturated carbocycles. The molecule has 0 fully saturated rings. The van der Waals surface area contributed by atoms with Gasteiger partial charge >= 0.3 is 11.9 Å². The monoisotopic (exact) mass is 318 g/mol. The molecule has 0 spiro atoms. The number of carbonyl (C=O) groups is 2. The zero-order valence-corrected chi connectivity index (χ0v) is 13.8. The SMILES string of the molecule is C=CCc1cc(C=C(C(=O)OCC)C(=O)OCC)ccc1OC. The number of rotatable bonds is 8. The zero-order chi connectivity index (χ0) is 17.2. The predicted octanol–water partition coefficient (Wildman–Crippen LogP) is 2.93. The maximum Gasteiger partial charge on any atom is 0.345 e. The van der Waals surface area contributed by atoms with E-state index in [2.05, 4.69) is 6.58 Å². The fourth-order valence-corrected chi connectivity index (χ4v) is 1.99. The summed E-state index contributed by atoms with van der Waals surface area (Å²) in [5.74, 6) is -0.685. The van der Waals surface area contributed by atoms with Crippen LogP contribution in [0.3, 0.4) is 0 Å². The smallest absolute Gasteiger partial charge is 0.345 e. The summed E-state index contributed by atoms with van der Waals surface area (Å²) in [4.78, 5) is 23.9. The number of hydrogen-bond donors (Lipinski definition) is 0. The van der Waals surface area contributed by atoms with E-state index in [0.29, 0.717) is 12.0 Å². The van der Waals surface area contributed by atoms with Crippen molar-refractivity contribution in [1.82, 2.24) is 0 Å². The van der Waals surface area contributed by atoms with Gasteiger partial charge in [-0.1, -0.05) is 12.1 Å². The molecular weight excluding hydrogens is 296 g/mol. The van der Waals surface area contributed by atoms with Gasteiger partial charge in [0.15, 0.2) is 0 Å². The molecule has 1 aromatic rings. The van der Waals surface area contributed by atoms with Gasteiger partial charge in [-0.05, 0) is 49.6 Å². The van der Waals surface area contributed by atoms with Crippen LogP contribution in [0, 0.1) is 0 Å². The van der Waals surface area contributed by atoms with Crippen molar-refractivity contribution in [2.24, 2.45) is 0 Å². The molecule has 0 amide bonds. The quantitative estimate of drug-likeness (QED) is 0.242. The Labute approximate surface area is 136 Å². The van der Waals surface area contributed by atoms with E-state index in [-0.39, 0.29) is 18.8 Å². The van der Waals surface area contributed by atoms with Crippen LogP contribution in [-0.4, -0.2) is 32.3 Å². The first-order chi connectivity index (χ1) is 11.1. The Morgan fingerprint density at radius 2 is 1.74 bits per heavy atom. The van der Waals surface area contributed by atoms with Crippen molar-refractivity contribution in [2.75, 3.05) is 20.3 Å². The van der Waals surface area contributed by atoms with Gasteiger partial charge in [-0.25, -0.2) is 9.59 Å². The molecule has 0 aliphatic rings. The fourth-order valence-electron chi connectivity index (χ4n) is 1.99. The Kier molecular flexibility index (Phi) is 7.60. The summed E-state index contributed by atoms with van der Waals surface area (Å²) < 4.78 is 15.1. The van der Waals surface area contributed by atoms with Gasteiger partial charge in [-0.2, -0.15) is 0 Å². The first-order valence-electron chi connectivity index (χ1n) is 7.41. The van der Waals surface area contributed by atoms with Crippen molar-refractivity contribution in [2.45, 2.75) is 20.3 Å². The largest absolute Gasteiger partial charge is 0.496 e. The van der Waals surface area contributed by atoms with Gasteiger partial charge in [0.2, 0.25) is 0 Å². The summed E-state index contributed by atoms with van der Waals surface area (Å²) in [6, 6.07) is 5.36. The maximum absolute atomic E-state index is 12.0. The number of allylic oxidation sites excluding steroid dienone is 1. The standard InChI is InChI=1S/C18H22O5/c1-5-8-14-11-13(9-10-16(14)21-4)12-15(17(19)22-6-2)18(20)23-7-3/h5,9-12H,1,6-8H2,2-4H3. The lowest BCUT2D eigenvalue weighted by molar-refractivity contribution is -0.146. The number of carbonyl (C=O) groups excluding carboxylic acids is 2. The van der Waals surface area contributed by atoms with Crippen molar-refractivity contribution in [3.8, 4) is 5.75 Å². The van der Waals surface area contributed by atoms with Crippen LogP contribution in [0.5, 0.6) is 5.75 Å². The van der Waals surface area contributed by atoms with Gasteiger partial charge in [-0.15, -0.1) is 6.58 Å². The summed E-state index contributed by atoms with van der Waals surface area (Å²) in [6.45, 7) is 7.42. The molecule has 23 heavy (non-hydrogen) atoms. The molecule has 0 aliphatic carbocycles. The lowest BCUT2D eigenvalue weighted by atomic mass is 10.0. The Bertz CT molecular complexity index is 581. The number of hydrogen-bond acceptors (Lipinski definition) is 5. The molecule has 1 aromatic carbocycles. The summed E-state index contributed by atoms with van der Waals surface area (Å²) in [6.07, 6.45) is 3.82. The van der Waals surface area contributed by atoms with Crippen LogP contribution in [0.15, 0.2) is 36.4 Å². The molecule has 0 bridgehead atoms. The van der Waals surface area contributed by atoms with E-state index in [0.717, 1.165) is 11.3 Å². The highest BCUT2D eigenvalue weighted by molar-refractivity contribution is 6.17. The second-order valence-corrected chi connectivity index (χ2v) is 4.56. The highest BCUT2D eigenvalue weighted by atomic mass is 16.6. The molecule has 0 saturated heterocycles. The Morgan fingerprint density at radius 3 is 2.22 bits per heavy atom. The Morgan fingerprint density at radius 1 is 1.13 bits per heavy atom. The summed E-state index contributed by atoms with van der Waals surface area (Å²) in [7, 11) is 1.58. The first kappa shape index (κ1) is 18.5. The van der Waals surface area contributed by atoms with E-state index < -0.39 is 11.9 Å². The van der Waals surface area contributed by atoms with Gasteiger partial charge in [-0.3, -0.25) is 0 Å². The van der Waals surface area contributed by atoms with E-state index in [1.165, 1.54) is 6.08 Å². The van der Waals surface area contributed by atoms with Crippen molar-refractivity contribution in [1.29, 1.82) is 0 Å². The second kappa shape index (κ2) is 9.46. The van der Waals surface area contributed by atoms with E-state index in [9.17, 15) is 9.59 Å². The van der Waals surface area contributed by atoms with Crippen LogP contribution in [0.2, 0.25) is 0 Å². The van der Waals surface area contributed by atoms with Crippen molar-refractivity contribution >= 4 is 18.0 Å². The molecule has 124 valence electrons. The fraction of sp³-hybridized carbons (Fsp3) is 0.333. The van der Waals surface area contributed by atoms with Crippen molar-refractivity contribution < 1.29 is 23.8 Å². The highest BCUT2D eigenvalue weighted by Gasteiger charge is 2.21. The summed E-state index contributed by atoms with van der Waals surface area (Å²) in [5.41, 5.74) is 1.45. The van der Waals surface area contributed by atoms with Gasteiger partial charge < -0.3 is 14.2 Å². The molecule has 0 aromatic heterocycles. The lowest BCUT2D eigenvalue weighted by Crippen LogP contribution is -2.18. The number of benzene rings is 1. The molecule has 0 N–H and O–H groups in total.